The highest BCUT2D eigenvalue weighted by Crippen LogP contribution is 2.21. The van der Waals surface area contributed by atoms with Crippen molar-refractivity contribution in [3.63, 3.8) is 0 Å². The number of nitrogens with zero attached hydrogens (tertiary/aromatic N) is 1. The van der Waals surface area contributed by atoms with E-state index in [1.54, 1.807) is 0 Å². The van der Waals surface area contributed by atoms with Crippen LogP contribution in [-0.2, 0) is 6.42 Å². The first kappa shape index (κ1) is 20.5. The highest BCUT2D eigenvalue weighted by Gasteiger charge is 2.05. The van der Waals surface area contributed by atoms with E-state index in [1.807, 2.05) is 6.92 Å². The van der Waals surface area contributed by atoms with Gasteiger partial charge in [0.05, 0.1) is 0 Å². The molecule has 132 valence electrons. The van der Waals surface area contributed by atoms with Gasteiger partial charge in [-0.1, -0.05) is 30.4 Å². The molecule has 3 N–H and O–H groups in total. The molecule has 0 amide bonds. The molecule has 0 aliphatic heterocycles. The number of guanidine groups is 1. The van der Waals surface area contributed by atoms with Gasteiger partial charge in [0.2, 0.25) is 0 Å². The molecule has 5 heteroatoms. The second-order valence-electron chi connectivity index (χ2n) is 5.61. The van der Waals surface area contributed by atoms with Gasteiger partial charge in [0.1, 0.15) is 0 Å². The number of benzene rings is 1. The molecule has 0 atom stereocenters. The van der Waals surface area contributed by atoms with Crippen LogP contribution in [0.25, 0.3) is 10.9 Å². The maximum Gasteiger partial charge on any atom is 0.191 e. The minimum atomic E-state index is 0. The molecule has 0 bridgehead atoms. The third-order valence-electron chi connectivity index (χ3n) is 3.84. The SMILES string of the molecule is C/C=C/CCN=C(NCC)NCCc1c[nH]c2c(C)cccc12.I. The van der Waals surface area contributed by atoms with E-state index in [1.165, 1.54) is 22.0 Å². The van der Waals surface area contributed by atoms with Crippen molar-refractivity contribution in [2.45, 2.75) is 33.6 Å². The van der Waals surface area contributed by atoms with Crippen molar-refractivity contribution in [3.05, 3.63) is 47.7 Å². The Balaban J connectivity index is 0.00000288. The molecule has 0 aliphatic carbocycles. The highest BCUT2D eigenvalue weighted by atomic mass is 127. The first-order chi connectivity index (χ1) is 11.3. The van der Waals surface area contributed by atoms with Crippen molar-refractivity contribution in [1.82, 2.24) is 15.6 Å². The molecule has 0 saturated heterocycles. The van der Waals surface area contributed by atoms with E-state index < -0.39 is 0 Å². The normalized spacial score (nSPS) is 11.7. The average molecular weight is 440 g/mol. The van der Waals surface area contributed by atoms with Crippen molar-refractivity contribution in [3.8, 4) is 0 Å². The molecule has 4 nitrogen and oxygen atoms in total. The van der Waals surface area contributed by atoms with E-state index in [0.717, 1.165) is 38.4 Å². The number of hydrogen-bond acceptors (Lipinski definition) is 1. The smallest absolute Gasteiger partial charge is 0.191 e. The monoisotopic (exact) mass is 440 g/mol. The van der Waals surface area contributed by atoms with Crippen molar-refractivity contribution >= 4 is 40.8 Å². The number of nitrogens with one attached hydrogen (secondary N) is 3. The minimum Gasteiger partial charge on any atom is -0.361 e. The number of halogens is 1. The molecule has 2 aromatic rings. The lowest BCUT2D eigenvalue weighted by Gasteiger charge is -2.10. The van der Waals surface area contributed by atoms with Gasteiger partial charge in [0, 0.05) is 36.7 Å². The summed E-state index contributed by atoms with van der Waals surface area (Å²) < 4.78 is 0. The number of aliphatic imine (C=N–C) groups is 1. The molecular weight excluding hydrogens is 411 g/mol. The van der Waals surface area contributed by atoms with Crippen molar-refractivity contribution < 1.29 is 0 Å². The quantitative estimate of drug-likeness (QED) is 0.199. The Morgan fingerprint density at radius 1 is 1.29 bits per heavy atom. The van der Waals surface area contributed by atoms with Gasteiger partial charge < -0.3 is 15.6 Å². The van der Waals surface area contributed by atoms with Crippen LogP contribution in [0.15, 0.2) is 41.5 Å². The molecule has 0 unspecified atom stereocenters. The van der Waals surface area contributed by atoms with E-state index in [0.29, 0.717) is 0 Å². The molecule has 0 saturated carbocycles. The zero-order valence-electron chi connectivity index (χ0n) is 14.9. The molecule has 0 radical (unpaired) electrons. The van der Waals surface area contributed by atoms with E-state index in [9.17, 15) is 0 Å². The molecule has 1 aromatic carbocycles. The zero-order valence-corrected chi connectivity index (χ0v) is 17.2. The van der Waals surface area contributed by atoms with Gasteiger partial charge in [-0.2, -0.15) is 0 Å². The predicted molar refractivity (Wildman–Crippen MR) is 116 cm³/mol. The van der Waals surface area contributed by atoms with E-state index in [4.69, 9.17) is 0 Å². The largest absolute Gasteiger partial charge is 0.361 e. The molecule has 1 aromatic heterocycles. The molecule has 0 fully saturated rings. The summed E-state index contributed by atoms with van der Waals surface area (Å²) in [6, 6.07) is 6.45. The summed E-state index contributed by atoms with van der Waals surface area (Å²) in [5.41, 5.74) is 3.89. The molecule has 0 spiro atoms. The number of H-pyrrole nitrogens is 1. The van der Waals surface area contributed by atoms with Crippen LogP contribution < -0.4 is 10.6 Å². The third-order valence-corrected chi connectivity index (χ3v) is 3.84. The standard InChI is InChI=1S/C19H28N4.HI/c1-4-6-7-12-21-19(20-5-2)22-13-11-16-14-23-18-15(3)9-8-10-17(16)18;/h4,6,8-10,14,23H,5,7,11-13H2,1-3H3,(H2,20,21,22);1H/b6-4+;. The second kappa shape index (κ2) is 11.1. The molecule has 0 aliphatic rings. The number of allylic oxidation sites excluding steroid dienone is 1. The van der Waals surface area contributed by atoms with Gasteiger partial charge in [-0.25, -0.2) is 0 Å². The first-order valence-corrected chi connectivity index (χ1v) is 8.45. The Morgan fingerprint density at radius 2 is 2.12 bits per heavy atom. The third kappa shape index (κ3) is 5.85. The second-order valence-corrected chi connectivity index (χ2v) is 5.61. The number of rotatable bonds is 7. The summed E-state index contributed by atoms with van der Waals surface area (Å²) >= 11 is 0. The van der Waals surface area contributed by atoms with Crippen LogP contribution in [0.1, 0.15) is 31.4 Å². The van der Waals surface area contributed by atoms with Crippen LogP contribution in [0, 0.1) is 6.92 Å². The number of para-hydroxylation sites is 1. The lowest BCUT2D eigenvalue weighted by atomic mass is 10.1. The highest BCUT2D eigenvalue weighted by molar-refractivity contribution is 14.0. The van der Waals surface area contributed by atoms with Crippen LogP contribution in [0.5, 0.6) is 0 Å². The van der Waals surface area contributed by atoms with Crippen molar-refractivity contribution in [2.24, 2.45) is 4.99 Å². The van der Waals surface area contributed by atoms with Crippen LogP contribution in [0.4, 0.5) is 0 Å². The number of aryl methyl sites for hydroxylation is 1. The molecule has 2 rings (SSSR count). The lowest BCUT2D eigenvalue weighted by Crippen LogP contribution is -2.38. The Morgan fingerprint density at radius 3 is 2.88 bits per heavy atom. The fraction of sp³-hybridized carbons (Fsp3) is 0.421. The van der Waals surface area contributed by atoms with Gasteiger partial charge in [0.15, 0.2) is 5.96 Å². The Hall–Kier alpha value is -1.50. The maximum absolute atomic E-state index is 4.58. The summed E-state index contributed by atoms with van der Waals surface area (Å²) in [6.45, 7) is 8.83. The Bertz CT molecular complexity index is 673. The number of aromatic nitrogens is 1. The summed E-state index contributed by atoms with van der Waals surface area (Å²) in [7, 11) is 0. The van der Waals surface area contributed by atoms with E-state index in [2.05, 4.69) is 71.0 Å². The van der Waals surface area contributed by atoms with Crippen LogP contribution in [-0.4, -0.2) is 30.6 Å². The van der Waals surface area contributed by atoms with Gasteiger partial charge in [0.25, 0.3) is 0 Å². The van der Waals surface area contributed by atoms with Crippen molar-refractivity contribution in [2.75, 3.05) is 19.6 Å². The van der Waals surface area contributed by atoms with Gasteiger partial charge in [-0.15, -0.1) is 24.0 Å². The fourth-order valence-corrected chi connectivity index (χ4v) is 2.65. The molecule has 1 heterocycles. The summed E-state index contributed by atoms with van der Waals surface area (Å²) in [5.74, 6) is 0.896. The summed E-state index contributed by atoms with van der Waals surface area (Å²) in [5, 5.41) is 8.03. The summed E-state index contributed by atoms with van der Waals surface area (Å²) in [4.78, 5) is 7.97. The van der Waals surface area contributed by atoms with Gasteiger partial charge in [-0.05, 0) is 44.7 Å². The first-order valence-electron chi connectivity index (χ1n) is 8.45. The maximum atomic E-state index is 4.58. The Labute approximate surface area is 162 Å². The van der Waals surface area contributed by atoms with E-state index in [-0.39, 0.29) is 24.0 Å². The topological polar surface area (TPSA) is 52.2 Å². The van der Waals surface area contributed by atoms with Gasteiger partial charge in [-0.3, -0.25) is 4.99 Å². The number of fused-ring (bicyclic) bond motifs is 1. The lowest BCUT2D eigenvalue weighted by molar-refractivity contribution is 0.801. The predicted octanol–water partition coefficient (Wildman–Crippen LogP) is 4.16. The van der Waals surface area contributed by atoms with Gasteiger partial charge >= 0.3 is 0 Å². The van der Waals surface area contributed by atoms with Crippen LogP contribution in [0.3, 0.4) is 0 Å². The number of hydrogen-bond donors (Lipinski definition) is 3. The van der Waals surface area contributed by atoms with E-state index >= 15 is 0 Å². The van der Waals surface area contributed by atoms with Crippen LogP contribution in [0.2, 0.25) is 0 Å². The van der Waals surface area contributed by atoms with Crippen molar-refractivity contribution in [1.29, 1.82) is 0 Å². The Kier molecular flexibility index (Phi) is 9.52. The fourth-order valence-electron chi connectivity index (χ4n) is 2.65. The number of aromatic amines is 1. The average Bonchev–Trinajstić information content (AvgIpc) is 2.96. The molecule has 24 heavy (non-hydrogen) atoms. The summed E-state index contributed by atoms with van der Waals surface area (Å²) in [6.07, 6.45) is 8.28. The zero-order chi connectivity index (χ0) is 16.5. The van der Waals surface area contributed by atoms with Crippen LogP contribution >= 0.6 is 24.0 Å². The molecular formula is C19H29IN4. The minimum absolute atomic E-state index is 0.